The highest BCUT2D eigenvalue weighted by molar-refractivity contribution is 5.75. The van der Waals surface area contributed by atoms with Crippen LogP contribution in [0.3, 0.4) is 0 Å². The molecule has 92 valence electrons. The summed E-state index contributed by atoms with van der Waals surface area (Å²) in [5.41, 5.74) is 0.625. The minimum Gasteiger partial charge on any atom is -0.494 e. The zero-order chi connectivity index (χ0) is 12.7. The van der Waals surface area contributed by atoms with E-state index in [1.807, 2.05) is 0 Å². The van der Waals surface area contributed by atoms with Crippen molar-refractivity contribution in [2.45, 2.75) is 12.8 Å². The lowest BCUT2D eigenvalue weighted by Crippen LogP contribution is -2.21. The van der Waals surface area contributed by atoms with Gasteiger partial charge in [0.2, 0.25) is 5.91 Å². The lowest BCUT2D eigenvalue weighted by Gasteiger charge is -2.10. The fraction of sp³-hybridized carbons (Fsp3) is 0.385. The molecule has 0 unspecified atom stereocenters. The smallest absolute Gasteiger partial charge is 0.222 e. The van der Waals surface area contributed by atoms with Gasteiger partial charge in [-0.2, -0.15) is 0 Å². The zero-order valence-electron chi connectivity index (χ0n) is 10.2. The Morgan fingerprint density at radius 1 is 1.29 bits per heavy atom. The minimum absolute atomic E-state index is 0.102. The number of hydrogen-bond donors (Lipinski definition) is 0. The van der Waals surface area contributed by atoms with Gasteiger partial charge in [-0.25, -0.2) is 0 Å². The monoisotopic (exact) mass is 235 g/mol. The molecule has 0 N–H and O–H groups in total. The summed E-state index contributed by atoms with van der Waals surface area (Å²) < 4.78 is 5.45. The maximum Gasteiger partial charge on any atom is 0.222 e. The van der Waals surface area contributed by atoms with Gasteiger partial charge in [-0.05, 0) is 30.7 Å². The van der Waals surface area contributed by atoms with Gasteiger partial charge in [-0.3, -0.25) is 9.59 Å². The standard InChI is InChI=1S/C13H17NO3/c1-14(2)13(16)4-3-9-17-12-7-5-11(10-15)6-8-12/h5-8,10H,3-4,9H2,1-2H3. The third kappa shape index (κ3) is 4.68. The highest BCUT2D eigenvalue weighted by Gasteiger charge is 2.03. The van der Waals surface area contributed by atoms with Gasteiger partial charge in [0.05, 0.1) is 6.61 Å². The number of carbonyl (C=O) groups is 2. The molecule has 17 heavy (non-hydrogen) atoms. The first-order chi connectivity index (χ1) is 8.13. The molecule has 0 aromatic heterocycles. The van der Waals surface area contributed by atoms with E-state index in [9.17, 15) is 9.59 Å². The van der Waals surface area contributed by atoms with Gasteiger partial charge in [0.15, 0.2) is 0 Å². The van der Waals surface area contributed by atoms with Crippen LogP contribution in [0.1, 0.15) is 23.2 Å². The Balaban J connectivity index is 2.26. The van der Waals surface area contributed by atoms with Crippen LogP contribution in [0.15, 0.2) is 24.3 Å². The predicted molar refractivity (Wildman–Crippen MR) is 65.3 cm³/mol. The molecule has 0 bridgehead atoms. The first-order valence-corrected chi connectivity index (χ1v) is 5.51. The number of benzene rings is 1. The second-order valence-electron chi connectivity index (χ2n) is 3.93. The topological polar surface area (TPSA) is 46.6 Å². The first kappa shape index (κ1) is 13.2. The van der Waals surface area contributed by atoms with Crippen molar-refractivity contribution in [2.75, 3.05) is 20.7 Å². The van der Waals surface area contributed by atoms with Crippen molar-refractivity contribution < 1.29 is 14.3 Å². The molecule has 1 amide bonds. The van der Waals surface area contributed by atoms with Gasteiger partial charge >= 0.3 is 0 Å². The summed E-state index contributed by atoms with van der Waals surface area (Å²) in [6.07, 6.45) is 1.96. The Morgan fingerprint density at radius 3 is 2.47 bits per heavy atom. The summed E-state index contributed by atoms with van der Waals surface area (Å²) >= 11 is 0. The minimum atomic E-state index is 0.102. The molecule has 0 radical (unpaired) electrons. The van der Waals surface area contributed by atoms with E-state index in [2.05, 4.69) is 0 Å². The molecule has 0 aliphatic carbocycles. The van der Waals surface area contributed by atoms with E-state index in [0.717, 1.165) is 6.29 Å². The van der Waals surface area contributed by atoms with E-state index in [-0.39, 0.29) is 5.91 Å². The van der Waals surface area contributed by atoms with Crippen molar-refractivity contribution in [3.63, 3.8) is 0 Å². The van der Waals surface area contributed by atoms with Crippen LogP contribution in [0, 0.1) is 0 Å². The molecule has 0 fully saturated rings. The summed E-state index contributed by atoms with van der Waals surface area (Å²) in [6.45, 7) is 0.500. The van der Waals surface area contributed by atoms with Gasteiger partial charge in [-0.1, -0.05) is 0 Å². The lowest BCUT2D eigenvalue weighted by atomic mass is 10.2. The normalized spacial score (nSPS) is 9.76. The van der Waals surface area contributed by atoms with Crippen LogP contribution < -0.4 is 4.74 Å². The Bertz CT molecular complexity index is 371. The van der Waals surface area contributed by atoms with Gasteiger partial charge in [0.25, 0.3) is 0 Å². The quantitative estimate of drug-likeness (QED) is 0.557. The second kappa shape index (κ2) is 6.68. The predicted octanol–water partition coefficient (Wildman–Crippen LogP) is 1.75. The molecular weight excluding hydrogens is 218 g/mol. The number of nitrogens with zero attached hydrogens (tertiary/aromatic N) is 1. The van der Waals surface area contributed by atoms with Crippen LogP contribution in [-0.4, -0.2) is 37.8 Å². The molecule has 0 heterocycles. The molecule has 0 atom stereocenters. The highest BCUT2D eigenvalue weighted by Crippen LogP contribution is 2.11. The lowest BCUT2D eigenvalue weighted by molar-refractivity contribution is -0.128. The molecule has 1 aromatic carbocycles. The third-order valence-electron chi connectivity index (χ3n) is 2.32. The SMILES string of the molecule is CN(C)C(=O)CCCOc1ccc(C=O)cc1. The summed E-state index contributed by atoms with van der Waals surface area (Å²) in [7, 11) is 3.47. The molecule has 4 heteroatoms. The molecular formula is C13H17NO3. The van der Waals surface area contributed by atoms with E-state index in [1.165, 1.54) is 0 Å². The van der Waals surface area contributed by atoms with Crippen LogP contribution in [0.5, 0.6) is 5.75 Å². The number of carbonyl (C=O) groups excluding carboxylic acids is 2. The Kier molecular flexibility index (Phi) is 5.20. The Morgan fingerprint density at radius 2 is 1.94 bits per heavy atom. The maximum atomic E-state index is 11.3. The molecule has 1 aromatic rings. The van der Waals surface area contributed by atoms with E-state index in [4.69, 9.17) is 4.74 Å². The van der Waals surface area contributed by atoms with Gasteiger partial charge in [0.1, 0.15) is 12.0 Å². The fourth-order valence-corrected chi connectivity index (χ4v) is 1.28. The molecule has 1 rings (SSSR count). The Hall–Kier alpha value is -1.84. The van der Waals surface area contributed by atoms with Crippen molar-refractivity contribution in [1.29, 1.82) is 0 Å². The zero-order valence-corrected chi connectivity index (χ0v) is 10.2. The molecule has 0 aliphatic heterocycles. The highest BCUT2D eigenvalue weighted by atomic mass is 16.5. The van der Waals surface area contributed by atoms with Crippen LogP contribution in [0.2, 0.25) is 0 Å². The third-order valence-corrected chi connectivity index (χ3v) is 2.32. The van der Waals surface area contributed by atoms with Crippen molar-refractivity contribution in [3.8, 4) is 5.75 Å². The Labute approximate surface area is 101 Å². The number of ether oxygens (including phenoxy) is 1. The molecule has 4 nitrogen and oxygen atoms in total. The van der Waals surface area contributed by atoms with E-state index in [0.29, 0.717) is 30.8 Å². The number of hydrogen-bond acceptors (Lipinski definition) is 3. The van der Waals surface area contributed by atoms with Gasteiger partial charge in [-0.15, -0.1) is 0 Å². The van der Waals surface area contributed by atoms with Crippen molar-refractivity contribution in [3.05, 3.63) is 29.8 Å². The van der Waals surface area contributed by atoms with Crippen LogP contribution in [-0.2, 0) is 4.79 Å². The van der Waals surface area contributed by atoms with E-state index >= 15 is 0 Å². The van der Waals surface area contributed by atoms with E-state index < -0.39 is 0 Å². The average Bonchev–Trinajstić information content (AvgIpc) is 2.35. The van der Waals surface area contributed by atoms with Crippen LogP contribution in [0.4, 0.5) is 0 Å². The number of aldehydes is 1. The summed E-state index contributed by atoms with van der Waals surface area (Å²) in [4.78, 5) is 23.3. The van der Waals surface area contributed by atoms with Gasteiger partial charge < -0.3 is 9.64 Å². The number of rotatable bonds is 6. The van der Waals surface area contributed by atoms with Crippen LogP contribution in [0.25, 0.3) is 0 Å². The van der Waals surface area contributed by atoms with Crippen molar-refractivity contribution in [2.24, 2.45) is 0 Å². The van der Waals surface area contributed by atoms with Crippen LogP contribution >= 0.6 is 0 Å². The summed E-state index contributed by atoms with van der Waals surface area (Å²) in [6, 6.07) is 6.90. The molecule has 0 spiro atoms. The fourth-order valence-electron chi connectivity index (χ4n) is 1.28. The summed E-state index contributed by atoms with van der Waals surface area (Å²) in [5.74, 6) is 0.817. The van der Waals surface area contributed by atoms with Crippen molar-refractivity contribution >= 4 is 12.2 Å². The molecule has 0 aliphatic rings. The maximum absolute atomic E-state index is 11.3. The second-order valence-corrected chi connectivity index (χ2v) is 3.93. The average molecular weight is 235 g/mol. The van der Waals surface area contributed by atoms with E-state index in [1.54, 1.807) is 43.3 Å². The van der Waals surface area contributed by atoms with Crippen molar-refractivity contribution in [1.82, 2.24) is 4.90 Å². The number of amides is 1. The largest absolute Gasteiger partial charge is 0.494 e. The van der Waals surface area contributed by atoms with Gasteiger partial charge in [0, 0.05) is 26.1 Å². The molecule has 0 saturated carbocycles. The summed E-state index contributed by atoms with van der Waals surface area (Å²) in [5, 5.41) is 0. The first-order valence-electron chi connectivity index (χ1n) is 5.51. The molecule has 0 saturated heterocycles.